The predicted molar refractivity (Wildman–Crippen MR) is 145 cm³/mol. The van der Waals surface area contributed by atoms with Crippen LogP contribution in [0.1, 0.15) is 24.3 Å². The average Bonchev–Trinajstić information content (AvgIpc) is 2.93. The number of carboxylic acids is 1. The summed E-state index contributed by atoms with van der Waals surface area (Å²) in [4.78, 5) is 74.6. The standard InChI is InChI=1S/C24H28N8O10/c25-17(2-1-11-28-24(26)27)21(34)29-12-18(33)30-20(23(37)42-16-9-7-15(8-10-16)32(40)41)19(22(35)36)13-3-5-14(6-4-13)31(38)39/h3-10,17,19-20H,1-2,11-12,25H2,(H,29,34)(H,30,33)(H,35,36)(H4,26,27,28)/t17-,19?,20-/m0/s1. The molecule has 3 atom stereocenters. The molecule has 1 unspecified atom stereocenters. The molecule has 18 nitrogen and oxygen atoms in total. The van der Waals surface area contributed by atoms with E-state index in [9.17, 15) is 44.5 Å². The van der Waals surface area contributed by atoms with Crippen molar-refractivity contribution in [3.05, 3.63) is 74.3 Å². The smallest absolute Gasteiger partial charge is 0.335 e. The molecule has 0 bridgehead atoms. The molecule has 0 aliphatic carbocycles. The Bertz CT molecular complexity index is 1340. The minimum absolute atomic E-state index is 0.0918. The van der Waals surface area contributed by atoms with Gasteiger partial charge < -0.3 is 37.7 Å². The molecule has 9 N–H and O–H groups in total. The van der Waals surface area contributed by atoms with Gasteiger partial charge in [-0.1, -0.05) is 12.1 Å². The van der Waals surface area contributed by atoms with Crippen LogP contribution in [-0.4, -0.2) is 69.8 Å². The number of aliphatic carboxylic acids is 1. The number of esters is 1. The molecule has 0 aliphatic rings. The van der Waals surface area contributed by atoms with Gasteiger partial charge in [-0.15, -0.1) is 0 Å². The zero-order valence-electron chi connectivity index (χ0n) is 21.9. The monoisotopic (exact) mass is 588 g/mol. The summed E-state index contributed by atoms with van der Waals surface area (Å²) in [7, 11) is 0. The number of guanidine groups is 1. The molecule has 0 aromatic heterocycles. The number of nitrogens with zero attached hydrogens (tertiary/aromatic N) is 3. The van der Waals surface area contributed by atoms with Crippen LogP contribution < -0.4 is 32.6 Å². The van der Waals surface area contributed by atoms with Crippen molar-refractivity contribution in [2.75, 3.05) is 13.1 Å². The summed E-state index contributed by atoms with van der Waals surface area (Å²) in [5.41, 5.74) is 15.5. The highest BCUT2D eigenvalue weighted by molar-refractivity contribution is 5.94. The van der Waals surface area contributed by atoms with Crippen molar-refractivity contribution in [3.8, 4) is 5.75 Å². The van der Waals surface area contributed by atoms with E-state index in [1.54, 1.807) is 0 Å². The van der Waals surface area contributed by atoms with Crippen LogP contribution in [0.5, 0.6) is 5.75 Å². The third-order valence-electron chi connectivity index (χ3n) is 5.63. The summed E-state index contributed by atoms with van der Waals surface area (Å²) in [5.74, 6) is -6.70. The molecule has 0 saturated heterocycles. The van der Waals surface area contributed by atoms with Gasteiger partial charge in [0.1, 0.15) is 17.7 Å². The number of hydrogen-bond acceptors (Lipinski definition) is 11. The predicted octanol–water partition coefficient (Wildman–Crippen LogP) is -0.741. The maximum absolute atomic E-state index is 13.1. The van der Waals surface area contributed by atoms with Crippen molar-refractivity contribution >= 4 is 41.1 Å². The van der Waals surface area contributed by atoms with Crippen molar-refractivity contribution in [1.82, 2.24) is 10.6 Å². The number of carboxylic acid groups (broad SMARTS) is 1. The first-order valence-electron chi connectivity index (χ1n) is 12.1. The molecule has 0 saturated carbocycles. The van der Waals surface area contributed by atoms with E-state index in [2.05, 4.69) is 15.6 Å². The lowest BCUT2D eigenvalue weighted by Crippen LogP contribution is -2.52. The second-order valence-corrected chi connectivity index (χ2v) is 8.65. The Hall–Kier alpha value is -5.65. The lowest BCUT2D eigenvalue weighted by atomic mass is 9.91. The second-order valence-electron chi connectivity index (χ2n) is 8.65. The van der Waals surface area contributed by atoms with Gasteiger partial charge in [0.05, 0.1) is 22.4 Å². The quantitative estimate of drug-likeness (QED) is 0.0284. The Kier molecular flexibility index (Phi) is 11.8. The van der Waals surface area contributed by atoms with Gasteiger partial charge in [-0.25, -0.2) is 4.79 Å². The third kappa shape index (κ3) is 9.83. The molecule has 2 aromatic carbocycles. The maximum atomic E-state index is 13.1. The molecular weight excluding hydrogens is 560 g/mol. The molecule has 2 aromatic rings. The van der Waals surface area contributed by atoms with Crippen LogP contribution in [0.2, 0.25) is 0 Å². The molecule has 2 amide bonds. The Morgan fingerprint density at radius 1 is 0.952 bits per heavy atom. The normalized spacial score (nSPS) is 12.6. The van der Waals surface area contributed by atoms with Crippen LogP contribution in [0, 0.1) is 20.2 Å². The molecule has 18 heteroatoms. The van der Waals surface area contributed by atoms with Gasteiger partial charge in [-0.3, -0.25) is 39.6 Å². The van der Waals surface area contributed by atoms with Crippen LogP contribution in [0.4, 0.5) is 11.4 Å². The van der Waals surface area contributed by atoms with E-state index in [1.165, 1.54) is 0 Å². The van der Waals surface area contributed by atoms with E-state index in [0.29, 0.717) is 6.42 Å². The van der Waals surface area contributed by atoms with E-state index < -0.39 is 58.1 Å². The molecule has 0 aliphatic heterocycles. The molecule has 224 valence electrons. The average molecular weight is 589 g/mol. The van der Waals surface area contributed by atoms with Crippen molar-refractivity contribution in [2.24, 2.45) is 22.2 Å². The van der Waals surface area contributed by atoms with Crippen molar-refractivity contribution in [1.29, 1.82) is 0 Å². The van der Waals surface area contributed by atoms with Gasteiger partial charge in [-0.05, 0) is 30.5 Å². The Morgan fingerprint density at radius 2 is 1.50 bits per heavy atom. The van der Waals surface area contributed by atoms with Crippen LogP contribution >= 0.6 is 0 Å². The number of carbonyl (C=O) groups is 4. The molecule has 0 heterocycles. The number of carbonyl (C=O) groups excluding carboxylic acids is 3. The molecule has 0 fully saturated rings. The van der Waals surface area contributed by atoms with E-state index in [1.807, 2.05) is 0 Å². The first-order valence-corrected chi connectivity index (χ1v) is 12.1. The molecule has 2 rings (SSSR count). The molecular formula is C24H28N8O10. The van der Waals surface area contributed by atoms with Crippen LogP contribution in [0.25, 0.3) is 0 Å². The molecule has 42 heavy (non-hydrogen) atoms. The number of ether oxygens (including phenoxy) is 1. The SMILES string of the molecule is NC(N)=NCCC[C@H](N)C(=O)NCC(=O)N[C@H](C(=O)Oc1ccc([N+](=O)[O-])cc1)C(C(=O)O)c1ccc([N+](=O)[O-])cc1. The van der Waals surface area contributed by atoms with E-state index in [-0.39, 0.29) is 41.6 Å². The number of amides is 2. The Labute approximate surface area is 237 Å². The topological polar surface area (TPSA) is 298 Å². The van der Waals surface area contributed by atoms with Gasteiger partial charge in [-0.2, -0.15) is 0 Å². The first kappa shape index (κ1) is 32.6. The highest BCUT2D eigenvalue weighted by atomic mass is 16.6. The Morgan fingerprint density at radius 3 is 2.00 bits per heavy atom. The molecule has 0 spiro atoms. The number of benzene rings is 2. The number of rotatable bonds is 15. The second kappa shape index (κ2) is 15.2. The van der Waals surface area contributed by atoms with E-state index in [4.69, 9.17) is 21.9 Å². The molecule has 0 radical (unpaired) electrons. The summed E-state index contributed by atoms with van der Waals surface area (Å²) in [6.07, 6.45) is 0.542. The number of nitro benzene ring substituents is 2. The third-order valence-corrected chi connectivity index (χ3v) is 5.63. The van der Waals surface area contributed by atoms with Crippen LogP contribution in [-0.2, 0) is 19.2 Å². The van der Waals surface area contributed by atoms with Crippen LogP contribution in [0.15, 0.2) is 53.5 Å². The number of hydrogen-bond donors (Lipinski definition) is 6. The van der Waals surface area contributed by atoms with Gasteiger partial charge in [0.2, 0.25) is 11.8 Å². The highest BCUT2D eigenvalue weighted by Gasteiger charge is 2.38. The number of nitro groups is 2. The fourth-order valence-corrected chi connectivity index (χ4v) is 3.55. The number of nitrogens with two attached hydrogens (primary N) is 3. The van der Waals surface area contributed by atoms with Gasteiger partial charge in [0.15, 0.2) is 5.96 Å². The first-order chi connectivity index (χ1) is 19.8. The highest BCUT2D eigenvalue weighted by Crippen LogP contribution is 2.25. The van der Waals surface area contributed by atoms with E-state index >= 15 is 0 Å². The summed E-state index contributed by atoms with van der Waals surface area (Å²) >= 11 is 0. The number of non-ortho nitro benzene ring substituents is 2. The lowest BCUT2D eigenvalue weighted by Gasteiger charge is -2.24. The van der Waals surface area contributed by atoms with Gasteiger partial charge in [0.25, 0.3) is 11.4 Å². The van der Waals surface area contributed by atoms with Crippen molar-refractivity contribution in [2.45, 2.75) is 30.8 Å². The fourth-order valence-electron chi connectivity index (χ4n) is 3.55. The van der Waals surface area contributed by atoms with Gasteiger partial charge >= 0.3 is 11.9 Å². The fraction of sp³-hybridized carbons (Fsp3) is 0.292. The van der Waals surface area contributed by atoms with E-state index in [0.717, 1.165) is 48.5 Å². The van der Waals surface area contributed by atoms with Crippen LogP contribution in [0.3, 0.4) is 0 Å². The zero-order chi connectivity index (χ0) is 31.4. The Balaban J connectivity index is 2.23. The van der Waals surface area contributed by atoms with Crippen molar-refractivity contribution in [3.63, 3.8) is 0 Å². The minimum atomic E-state index is -1.91. The summed E-state index contributed by atoms with van der Waals surface area (Å²) in [5, 5.41) is 36.3. The number of nitrogens with one attached hydrogen (secondary N) is 2. The largest absolute Gasteiger partial charge is 0.481 e. The van der Waals surface area contributed by atoms with Gasteiger partial charge in [0, 0.05) is 30.8 Å². The van der Waals surface area contributed by atoms with Crippen molar-refractivity contribution < 1.29 is 38.9 Å². The lowest BCUT2D eigenvalue weighted by molar-refractivity contribution is -0.385. The number of aliphatic imine (C=N–C) groups is 1. The maximum Gasteiger partial charge on any atom is 0.335 e. The summed E-state index contributed by atoms with van der Waals surface area (Å²) < 4.78 is 5.18. The zero-order valence-corrected chi connectivity index (χ0v) is 21.9. The summed E-state index contributed by atoms with van der Waals surface area (Å²) in [6.45, 7) is -0.476. The summed E-state index contributed by atoms with van der Waals surface area (Å²) in [6, 6.07) is 5.54. The minimum Gasteiger partial charge on any atom is -0.481 e.